The number of phenolic OH excluding ortho intramolecular Hbond substituents is 1. The zero-order valence-corrected chi connectivity index (χ0v) is 18.3. The molecule has 1 amide bonds. The van der Waals surface area contributed by atoms with Gasteiger partial charge in [-0.25, -0.2) is 0 Å². The largest absolute Gasteiger partial charge is 0.508 e. The topological polar surface area (TPSA) is 87.1 Å². The maximum absolute atomic E-state index is 13.1. The summed E-state index contributed by atoms with van der Waals surface area (Å²) in [5.41, 5.74) is 1.05. The Bertz CT molecular complexity index is 1250. The third-order valence-corrected chi connectivity index (χ3v) is 5.70. The standard InChI is InChI=1S/C24H17Cl2NO5/c1-32-19-10-7-14(11-18(19)26)22(29)20-21(13-5-8-17(28)9-6-13)27(24(31)23(20)30)16-4-2-3-15(25)12-16/h2-12,21,28-29H,1H3/b22-20+. The van der Waals surface area contributed by atoms with Gasteiger partial charge >= 0.3 is 0 Å². The maximum Gasteiger partial charge on any atom is 0.300 e. The molecule has 8 heteroatoms. The molecule has 0 aromatic heterocycles. The molecule has 0 spiro atoms. The molecule has 1 saturated heterocycles. The van der Waals surface area contributed by atoms with Crippen LogP contribution in [0.15, 0.2) is 72.3 Å². The van der Waals surface area contributed by atoms with Crippen LogP contribution in [0.1, 0.15) is 17.2 Å². The summed E-state index contributed by atoms with van der Waals surface area (Å²) in [7, 11) is 1.46. The van der Waals surface area contributed by atoms with E-state index in [1.54, 1.807) is 48.5 Å². The summed E-state index contributed by atoms with van der Waals surface area (Å²) < 4.78 is 5.14. The number of phenols is 1. The van der Waals surface area contributed by atoms with E-state index >= 15 is 0 Å². The monoisotopic (exact) mass is 469 g/mol. The summed E-state index contributed by atoms with van der Waals surface area (Å²) >= 11 is 12.3. The number of ether oxygens (including phenoxy) is 1. The lowest BCUT2D eigenvalue weighted by atomic mass is 9.95. The molecule has 3 aromatic carbocycles. The first kappa shape index (κ1) is 21.7. The predicted molar refractivity (Wildman–Crippen MR) is 122 cm³/mol. The minimum absolute atomic E-state index is 0.0235. The molecule has 1 aliphatic heterocycles. The van der Waals surface area contributed by atoms with Gasteiger partial charge in [0.25, 0.3) is 11.7 Å². The predicted octanol–water partition coefficient (Wildman–Crippen LogP) is 5.33. The van der Waals surface area contributed by atoms with Crippen LogP contribution in [-0.4, -0.2) is 29.0 Å². The minimum atomic E-state index is -0.949. The molecule has 1 fully saturated rings. The number of aliphatic hydroxyl groups is 1. The number of anilines is 1. The third kappa shape index (κ3) is 3.79. The van der Waals surface area contributed by atoms with Crippen LogP contribution < -0.4 is 9.64 Å². The van der Waals surface area contributed by atoms with Gasteiger partial charge < -0.3 is 14.9 Å². The highest BCUT2D eigenvalue weighted by Gasteiger charge is 2.47. The van der Waals surface area contributed by atoms with Gasteiger partial charge in [0.2, 0.25) is 0 Å². The van der Waals surface area contributed by atoms with E-state index in [2.05, 4.69) is 0 Å². The maximum atomic E-state index is 13.1. The molecule has 32 heavy (non-hydrogen) atoms. The lowest BCUT2D eigenvalue weighted by Gasteiger charge is -2.25. The summed E-state index contributed by atoms with van der Waals surface area (Å²) in [6.45, 7) is 0. The van der Waals surface area contributed by atoms with E-state index in [9.17, 15) is 19.8 Å². The van der Waals surface area contributed by atoms with Gasteiger partial charge in [0.05, 0.1) is 23.7 Å². The van der Waals surface area contributed by atoms with Crippen molar-refractivity contribution >= 4 is 46.3 Å². The molecule has 6 nitrogen and oxygen atoms in total. The van der Waals surface area contributed by atoms with Crippen LogP contribution in [0.3, 0.4) is 0 Å². The van der Waals surface area contributed by atoms with E-state index in [0.29, 0.717) is 22.0 Å². The summed E-state index contributed by atoms with van der Waals surface area (Å²) in [4.78, 5) is 27.4. The SMILES string of the molecule is COc1ccc(/C(O)=C2\C(=O)C(=O)N(c3cccc(Cl)c3)C2c2ccc(O)cc2)cc1Cl. The zero-order valence-electron chi connectivity index (χ0n) is 16.8. The lowest BCUT2D eigenvalue weighted by molar-refractivity contribution is -0.132. The van der Waals surface area contributed by atoms with Gasteiger partial charge in [0.1, 0.15) is 17.3 Å². The average Bonchev–Trinajstić information content (AvgIpc) is 3.04. The van der Waals surface area contributed by atoms with Crippen molar-refractivity contribution in [1.82, 2.24) is 0 Å². The van der Waals surface area contributed by atoms with E-state index in [-0.39, 0.29) is 27.7 Å². The first-order chi connectivity index (χ1) is 15.3. The second-order valence-electron chi connectivity index (χ2n) is 7.09. The van der Waals surface area contributed by atoms with Crippen LogP contribution in [0.2, 0.25) is 10.0 Å². The third-order valence-electron chi connectivity index (χ3n) is 5.16. The second-order valence-corrected chi connectivity index (χ2v) is 7.93. The van der Waals surface area contributed by atoms with Crippen molar-refractivity contribution in [3.05, 3.63) is 93.5 Å². The number of amides is 1. The van der Waals surface area contributed by atoms with E-state index in [1.165, 1.54) is 30.2 Å². The van der Waals surface area contributed by atoms with Crippen LogP contribution in [0.5, 0.6) is 11.5 Å². The smallest absolute Gasteiger partial charge is 0.300 e. The summed E-state index contributed by atoms with van der Waals surface area (Å²) in [6, 6.07) is 16.2. The fourth-order valence-corrected chi connectivity index (χ4v) is 4.11. The number of aliphatic hydroxyl groups excluding tert-OH is 1. The molecule has 0 aliphatic carbocycles. The summed E-state index contributed by atoms with van der Waals surface area (Å²) in [5.74, 6) is -1.62. The molecule has 2 N–H and O–H groups in total. The Labute approximate surface area is 193 Å². The van der Waals surface area contributed by atoms with Crippen LogP contribution in [0.25, 0.3) is 5.76 Å². The van der Waals surface area contributed by atoms with Crippen LogP contribution in [-0.2, 0) is 9.59 Å². The first-order valence-corrected chi connectivity index (χ1v) is 10.3. The number of halogens is 2. The molecular weight excluding hydrogens is 453 g/mol. The molecule has 1 heterocycles. The second kappa shape index (κ2) is 8.57. The highest BCUT2D eigenvalue weighted by Crippen LogP contribution is 2.43. The van der Waals surface area contributed by atoms with E-state index < -0.39 is 17.7 Å². The number of rotatable bonds is 4. The Morgan fingerprint density at radius 3 is 2.34 bits per heavy atom. The molecule has 1 aliphatic rings. The Morgan fingerprint density at radius 1 is 1.00 bits per heavy atom. The number of Topliss-reactive ketones (excluding diaryl/α,β-unsaturated/α-hetero) is 1. The fourth-order valence-electron chi connectivity index (χ4n) is 3.67. The molecule has 0 radical (unpaired) electrons. The number of benzene rings is 3. The highest BCUT2D eigenvalue weighted by atomic mass is 35.5. The Hall–Kier alpha value is -3.48. The summed E-state index contributed by atoms with van der Waals surface area (Å²) in [5, 5.41) is 21.4. The van der Waals surface area contributed by atoms with E-state index in [4.69, 9.17) is 27.9 Å². The van der Waals surface area contributed by atoms with E-state index in [0.717, 1.165) is 0 Å². The molecule has 0 bridgehead atoms. The molecule has 0 saturated carbocycles. The summed E-state index contributed by atoms with van der Waals surface area (Å²) in [6.07, 6.45) is 0. The van der Waals surface area contributed by atoms with Crippen molar-refractivity contribution in [2.45, 2.75) is 6.04 Å². The quantitative estimate of drug-likeness (QED) is 0.306. The van der Waals surface area contributed by atoms with Crippen molar-refractivity contribution in [2.75, 3.05) is 12.0 Å². The molecule has 1 atom stereocenters. The van der Waals surface area contributed by atoms with Crippen LogP contribution in [0, 0.1) is 0 Å². The van der Waals surface area contributed by atoms with Crippen LogP contribution >= 0.6 is 23.2 Å². The van der Waals surface area contributed by atoms with Crippen molar-refractivity contribution in [3.63, 3.8) is 0 Å². The average molecular weight is 470 g/mol. The van der Waals surface area contributed by atoms with Gasteiger partial charge in [-0.3, -0.25) is 14.5 Å². The number of nitrogens with zero attached hydrogens (tertiary/aromatic N) is 1. The Morgan fingerprint density at radius 2 is 1.72 bits per heavy atom. The number of carbonyl (C=O) groups excluding carboxylic acids is 2. The Balaban J connectivity index is 1.94. The molecule has 1 unspecified atom stereocenters. The van der Waals surface area contributed by atoms with Crippen molar-refractivity contribution in [3.8, 4) is 11.5 Å². The zero-order chi connectivity index (χ0) is 23.0. The number of hydrogen-bond donors (Lipinski definition) is 2. The van der Waals surface area contributed by atoms with Gasteiger partial charge in [0.15, 0.2) is 0 Å². The number of methoxy groups -OCH3 is 1. The normalized spacial score (nSPS) is 17.6. The molecule has 4 rings (SSSR count). The number of ketones is 1. The molecule has 3 aromatic rings. The molecular formula is C24H17Cl2NO5. The first-order valence-electron chi connectivity index (χ1n) is 9.51. The molecule has 162 valence electrons. The van der Waals surface area contributed by atoms with Crippen molar-refractivity contribution < 1.29 is 24.5 Å². The minimum Gasteiger partial charge on any atom is -0.508 e. The Kier molecular flexibility index (Phi) is 5.82. The highest BCUT2D eigenvalue weighted by molar-refractivity contribution is 6.52. The number of aromatic hydroxyl groups is 1. The lowest BCUT2D eigenvalue weighted by Crippen LogP contribution is -2.29. The van der Waals surface area contributed by atoms with Gasteiger partial charge in [-0.05, 0) is 54.1 Å². The van der Waals surface area contributed by atoms with Gasteiger partial charge in [-0.15, -0.1) is 0 Å². The van der Waals surface area contributed by atoms with Crippen LogP contribution in [0.4, 0.5) is 5.69 Å². The van der Waals surface area contributed by atoms with Crippen molar-refractivity contribution in [1.29, 1.82) is 0 Å². The van der Waals surface area contributed by atoms with Gasteiger partial charge in [-0.2, -0.15) is 0 Å². The number of carbonyl (C=O) groups is 2. The van der Waals surface area contributed by atoms with Crippen molar-refractivity contribution in [2.24, 2.45) is 0 Å². The number of hydrogen-bond acceptors (Lipinski definition) is 5. The van der Waals surface area contributed by atoms with Gasteiger partial charge in [-0.1, -0.05) is 41.4 Å². The fraction of sp³-hybridized carbons (Fsp3) is 0.0833. The van der Waals surface area contributed by atoms with E-state index in [1.807, 2.05) is 0 Å². The van der Waals surface area contributed by atoms with Gasteiger partial charge in [0, 0.05) is 16.3 Å².